The van der Waals surface area contributed by atoms with E-state index >= 15 is 0 Å². The number of thiol groups is 1. The van der Waals surface area contributed by atoms with Crippen molar-refractivity contribution in [1.29, 1.82) is 0 Å². The van der Waals surface area contributed by atoms with Crippen molar-refractivity contribution >= 4 is 12.6 Å². The molecule has 0 saturated carbocycles. The number of allylic oxidation sites excluding steroid dienone is 2. The Balaban J connectivity index is 6.91. The van der Waals surface area contributed by atoms with E-state index in [0.717, 1.165) is 0 Å². The number of alkyl halides is 25. The quantitative estimate of drug-likeness (QED) is 0.110. The van der Waals surface area contributed by atoms with Crippen LogP contribution in [0.3, 0.4) is 0 Å². The van der Waals surface area contributed by atoms with Crippen LogP contribution in [0.1, 0.15) is 6.42 Å². The molecule has 0 aliphatic rings. The molecule has 252 valence electrons. The van der Waals surface area contributed by atoms with Gasteiger partial charge in [0.05, 0.1) is 0 Å². The van der Waals surface area contributed by atoms with Crippen molar-refractivity contribution in [3.05, 3.63) is 12.2 Å². The maximum atomic E-state index is 13.6. The van der Waals surface area contributed by atoms with Crippen LogP contribution in [0.5, 0.6) is 0 Å². The van der Waals surface area contributed by atoms with Gasteiger partial charge in [-0.1, -0.05) is 0 Å². The molecule has 0 nitrogen and oxygen atoms in total. The topological polar surface area (TPSA) is 0 Å². The Bertz CT molecular complexity index is 985. The second kappa shape index (κ2) is 10.5. The number of hydrogen-bond donors (Lipinski definition) is 1. The number of halogens is 25. The lowest BCUT2D eigenvalue weighted by Gasteiger charge is -2.41. The summed E-state index contributed by atoms with van der Waals surface area (Å²) in [5.41, 5.74) is 0. The van der Waals surface area contributed by atoms with Crippen LogP contribution in [-0.2, 0) is 0 Å². The maximum Gasteiger partial charge on any atom is 0.460 e. The third-order valence-electron chi connectivity index (χ3n) is 4.95. The Morgan fingerprint density at radius 3 is 0.810 bits per heavy atom. The Kier molecular flexibility index (Phi) is 10.1. The monoisotopic (exact) mass is 706 g/mol. The second-order valence-electron chi connectivity index (χ2n) is 7.85. The molecule has 0 bridgehead atoms. The van der Waals surface area contributed by atoms with E-state index in [1.807, 2.05) is 0 Å². The fourth-order valence-corrected chi connectivity index (χ4v) is 2.61. The van der Waals surface area contributed by atoms with Crippen LogP contribution < -0.4 is 0 Å². The molecule has 0 fully saturated rings. The highest BCUT2D eigenvalue weighted by atomic mass is 32.1. The molecule has 0 saturated heterocycles. The standard InChI is InChI=1S/C16H7F25S/c17-5(18,8(23,24)11(29,30)12(31,32)10(27,28)7(21,22)3-4-42)1-2-6(19,20)9(25,26)13(33,34)14(35,36)15(37,38)16(39,40)41/h1-2,42H,3-4H2. The molecule has 0 heterocycles. The zero-order valence-corrected chi connectivity index (χ0v) is 19.4. The zero-order chi connectivity index (χ0) is 34.8. The third-order valence-corrected chi connectivity index (χ3v) is 5.17. The van der Waals surface area contributed by atoms with Crippen LogP contribution in [0.4, 0.5) is 110 Å². The number of rotatable bonds is 13. The summed E-state index contributed by atoms with van der Waals surface area (Å²) in [6.07, 6.45) is -16.5. The van der Waals surface area contributed by atoms with Crippen molar-refractivity contribution in [3.63, 3.8) is 0 Å². The summed E-state index contributed by atoms with van der Waals surface area (Å²) in [5.74, 6) is -90.7. The van der Waals surface area contributed by atoms with E-state index in [2.05, 4.69) is 12.6 Å². The molecule has 0 atom stereocenters. The third kappa shape index (κ3) is 5.42. The Morgan fingerprint density at radius 1 is 0.333 bits per heavy atom. The molecule has 0 aromatic heterocycles. The summed E-state index contributed by atoms with van der Waals surface area (Å²) < 4.78 is 330. The van der Waals surface area contributed by atoms with E-state index in [9.17, 15) is 110 Å². The predicted molar refractivity (Wildman–Crippen MR) is 88.1 cm³/mol. The van der Waals surface area contributed by atoms with Crippen LogP contribution in [-0.4, -0.2) is 77.1 Å². The van der Waals surface area contributed by atoms with Gasteiger partial charge in [0.2, 0.25) is 0 Å². The summed E-state index contributed by atoms with van der Waals surface area (Å²) in [6, 6.07) is 0. The summed E-state index contributed by atoms with van der Waals surface area (Å²) >= 11 is 2.81. The van der Waals surface area contributed by atoms with Gasteiger partial charge in [-0.15, -0.1) is 0 Å². The minimum atomic E-state index is -8.71. The largest absolute Gasteiger partial charge is 0.460 e. The fraction of sp³-hybridized carbons (Fsp3) is 0.875. The molecule has 0 aliphatic heterocycles. The SMILES string of the molecule is FC(F)(F)C(F)(F)C(F)(F)C(F)(F)C(F)(F)C(F)(F)C=CC(F)(F)C(F)(F)C(F)(F)C(F)(F)C(F)(F)C(F)(F)CCS. The Morgan fingerprint density at radius 2 is 0.571 bits per heavy atom. The Labute approximate surface area is 219 Å². The van der Waals surface area contributed by atoms with Gasteiger partial charge < -0.3 is 0 Å². The normalized spacial score (nSPS) is 16.9. The van der Waals surface area contributed by atoms with E-state index in [4.69, 9.17) is 0 Å². The van der Waals surface area contributed by atoms with Gasteiger partial charge >= 0.3 is 71.3 Å². The summed E-state index contributed by atoms with van der Waals surface area (Å²) in [5, 5.41) is 0. The van der Waals surface area contributed by atoms with Crippen LogP contribution in [0.25, 0.3) is 0 Å². The van der Waals surface area contributed by atoms with Gasteiger partial charge in [-0.2, -0.15) is 122 Å². The van der Waals surface area contributed by atoms with Crippen molar-refractivity contribution in [1.82, 2.24) is 0 Å². The lowest BCUT2D eigenvalue weighted by atomic mass is 9.89. The van der Waals surface area contributed by atoms with Gasteiger partial charge in [-0.3, -0.25) is 0 Å². The van der Waals surface area contributed by atoms with Gasteiger partial charge in [0.15, 0.2) is 0 Å². The van der Waals surface area contributed by atoms with Crippen molar-refractivity contribution in [2.75, 3.05) is 5.75 Å². The number of hydrogen-bond acceptors (Lipinski definition) is 1. The van der Waals surface area contributed by atoms with Crippen LogP contribution in [0.15, 0.2) is 12.2 Å². The highest BCUT2D eigenvalue weighted by molar-refractivity contribution is 7.80. The molecule has 42 heavy (non-hydrogen) atoms. The molecule has 0 rings (SSSR count). The highest BCUT2D eigenvalue weighted by Gasteiger charge is 2.92. The van der Waals surface area contributed by atoms with Crippen molar-refractivity contribution in [2.24, 2.45) is 0 Å². The Hall–Kier alpha value is -1.66. The van der Waals surface area contributed by atoms with Crippen molar-refractivity contribution < 1.29 is 110 Å². The summed E-state index contributed by atoms with van der Waals surface area (Å²) in [7, 11) is 0. The van der Waals surface area contributed by atoms with E-state index in [1.165, 1.54) is 0 Å². The fourth-order valence-electron chi connectivity index (χ4n) is 2.33. The molecule has 0 radical (unpaired) electrons. The van der Waals surface area contributed by atoms with Crippen LogP contribution in [0, 0.1) is 0 Å². The van der Waals surface area contributed by atoms with Gasteiger partial charge in [0, 0.05) is 6.42 Å². The molecule has 0 spiro atoms. The van der Waals surface area contributed by atoms with Crippen LogP contribution >= 0.6 is 12.6 Å². The first-order valence-corrected chi connectivity index (χ1v) is 9.94. The van der Waals surface area contributed by atoms with E-state index in [0.29, 0.717) is 0 Å². The average Bonchev–Trinajstić information content (AvgIpc) is 2.75. The van der Waals surface area contributed by atoms with E-state index in [1.54, 1.807) is 0 Å². The van der Waals surface area contributed by atoms with Gasteiger partial charge in [0.1, 0.15) is 0 Å². The lowest BCUT2D eigenvalue weighted by molar-refractivity contribution is -0.436. The highest BCUT2D eigenvalue weighted by Crippen LogP contribution is 2.62. The first kappa shape index (κ1) is 40.3. The minimum Gasteiger partial charge on any atom is -0.200 e. The molecule has 0 unspecified atom stereocenters. The molecule has 26 heteroatoms. The molecule has 0 aromatic rings. The van der Waals surface area contributed by atoms with Crippen molar-refractivity contribution in [3.8, 4) is 0 Å². The van der Waals surface area contributed by atoms with Crippen LogP contribution in [0.2, 0.25) is 0 Å². The summed E-state index contributed by atoms with van der Waals surface area (Å²) in [6.45, 7) is 0. The van der Waals surface area contributed by atoms with Gasteiger partial charge in [-0.25, -0.2) is 0 Å². The molecule has 0 amide bonds. The summed E-state index contributed by atoms with van der Waals surface area (Å²) in [4.78, 5) is 0. The smallest absolute Gasteiger partial charge is 0.200 e. The second-order valence-corrected chi connectivity index (χ2v) is 8.30. The maximum absolute atomic E-state index is 13.6. The molecular weight excluding hydrogens is 699 g/mol. The molecule has 0 N–H and O–H groups in total. The van der Waals surface area contributed by atoms with Crippen molar-refractivity contribution in [2.45, 2.75) is 77.7 Å². The first-order chi connectivity index (χ1) is 17.8. The molecule has 0 aromatic carbocycles. The van der Waals surface area contributed by atoms with Gasteiger partial charge in [-0.05, 0) is 17.9 Å². The minimum absolute atomic E-state index is 1.60. The van der Waals surface area contributed by atoms with E-state index < -0.39 is 95.6 Å². The molecule has 0 aliphatic carbocycles. The van der Waals surface area contributed by atoms with E-state index in [-0.39, 0.29) is 0 Å². The van der Waals surface area contributed by atoms with Gasteiger partial charge in [0.25, 0.3) is 0 Å². The lowest BCUT2D eigenvalue weighted by Crippen LogP contribution is -2.70. The molecular formula is C16H7F25S. The first-order valence-electron chi connectivity index (χ1n) is 9.31. The average molecular weight is 706 g/mol. The zero-order valence-electron chi connectivity index (χ0n) is 18.5. The predicted octanol–water partition coefficient (Wildman–Crippen LogP) is 9.41.